The third-order valence-corrected chi connectivity index (χ3v) is 2.36. The number of hydrogen-bond donors (Lipinski definition) is 2. The molecule has 4 nitrogen and oxygen atoms in total. The maximum Gasteiger partial charge on any atom is 0.220 e. The van der Waals surface area contributed by atoms with Crippen molar-refractivity contribution >= 4 is 5.91 Å². The molecule has 0 aromatic carbocycles. The highest BCUT2D eigenvalue weighted by Crippen LogP contribution is 2.05. The summed E-state index contributed by atoms with van der Waals surface area (Å²) in [5.74, 6) is 0.365. The number of amides is 1. The second-order valence-electron chi connectivity index (χ2n) is 3.84. The second-order valence-corrected chi connectivity index (χ2v) is 3.84. The van der Waals surface area contributed by atoms with E-state index in [4.69, 9.17) is 10.5 Å². The van der Waals surface area contributed by atoms with Crippen LogP contribution in [0.3, 0.4) is 0 Å². The molecule has 0 saturated carbocycles. The van der Waals surface area contributed by atoms with Crippen LogP contribution in [0.25, 0.3) is 0 Å². The lowest BCUT2D eigenvalue weighted by Gasteiger charge is -2.16. The maximum atomic E-state index is 11.5. The molecule has 15 heavy (non-hydrogen) atoms. The smallest absolute Gasteiger partial charge is 0.220 e. The summed E-state index contributed by atoms with van der Waals surface area (Å²) >= 11 is 0. The van der Waals surface area contributed by atoms with Crippen molar-refractivity contribution in [1.82, 2.24) is 5.32 Å². The van der Waals surface area contributed by atoms with Crippen molar-refractivity contribution in [2.75, 3.05) is 19.8 Å². The predicted octanol–water partition coefficient (Wildman–Crippen LogP) is 0.903. The summed E-state index contributed by atoms with van der Waals surface area (Å²) in [7, 11) is 0. The van der Waals surface area contributed by atoms with Crippen molar-refractivity contribution in [2.24, 2.45) is 11.7 Å². The molecule has 0 aliphatic rings. The Kier molecular flexibility index (Phi) is 8.33. The SMILES string of the molecule is CCOCC(C)NC(=O)CC(CC)CN. The molecule has 0 aliphatic heterocycles. The topological polar surface area (TPSA) is 64.3 Å². The summed E-state index contributed by atoms with van der Waals surface area (Å²) in [6.45, 7) is 7.76. The van der Waals surface area contributed by atoms with Crippen molar-refractivity contribution in [1.29, 1.82) is 0 Å². The Bertz CT molecular complexity index is 170. The predicted molar refractivity (Wildman–Crippen MR) is 61.6 cm³/mol. The van der Waals surface area contributed by atoms with Crippen LogP contribution in [0, 0.1) is 5.92 Å². The van der Waals surface area contributed by atoms with E-state index in [-0.39, 0.29) is 11.9 Å². The Morgan fingerprint density at radius 1 is 1.47 bits per heavy atom. The number of ether oxygens (including phenoxy) is 1. The van der Waals surface area contributed by atoms with E-state index in [0.29, 0.717) is 32.1 Å². The van der Waals surface area contributed by atoms with Gasteiger partial charge in [0.2, 0.25) is 5.91 Å². The molecular weight excluding hydrogens is 192 g/mol. The zero-order chi connectivity index (χ0) is 11.7. The molecule has 0 spiro atoms. The standard InChI is InChI=1S/C11H24N2O2/c1-4-10(7-12)6-11(14)13-9(3)8-15-5-2/h9-10H,4-8,12H2,1-3H3,(H,13,14). The van der Waals surface area contributed by atoms with Crippen LogP contribution in [0.2, 0.25) is 0 Å². The van der Waals surface area contributed by atoms with E-state index in [1.165, 1.54) is 0 Å². The van der Waals surface area contributed by atoms with Crippen LogP contribution in [-0.2, 0) is 9.53 Å². The zero-order valence-corrected chi connectivity index (χ0v) is 10.1. The first-order valence-electron chi connectivity index (χ1n) is 5.71. The van der Waals surface area contributed by atoms with Gasteiger partial charge in [0.1, 0.15) is 0 Å². The van der Waals surface area contributed by atoms with E-state index >= 15 is 0 Å². The van der Waals surface area contributed by atoms with Gasteiger partial charge in [-0.25, -0.2) is 0 Å². The minimum atomic E-state index is 0.0690. The van der Waals surface area contributed by atoms with E-state index in [2.05, 4.69) is 12.2 Å². The fraction of sp³-hybridized carbons (Fsp3) is 0.909. The molecule has 0 radical (unpaired) electrons. The first-order valence-corrected chi connectivity index (χ1v) is 5.71. The van der Waals surface area contributed by atoms with Gasteiger partial charge in [0.15, 0.2) is 0 Å². The minimum Gasteiger partial charge on any atom is -0.380 e. The van der Waals surface area contributed by atoms with Crippen molar-refractivity contribution in [3.8, 4) is 0 Å². The molecule has 0 aliphatic carbocycles. The molecule has 0 heterocycles. The van der Waals surface area contributed by atoms with Gasteiger partial charge in [0.25, 0.3) is 0 Å². The van der Waals surface area contributed by atoms with E-state index in [1.807, 2.05) is 13.8 Å². The van der Waals surface area contributed by atoms with Crippen molar-refractivity contribution in [2.45, 2.75) is 39.7 Å². The summed E-state index contributed by atoms with van der Waals surface area (Å²) < 4.78 is 5.21. The first-order chi connectivity index (χ1) is 7.13. The number of nitrogens with one attached hydrogen (secondary N) is 1. The summed E-state index contributed by atoms with van der Waals surface area (Å²) in [5, 5.41) is 2.89. The molecule has 0 bridgehead atoms. The minimum absolute atomic E-state index is 0.0690. The molecule has 4 heteroatoms. The summed E-state index contributed by atoms with van der Waals surface area (Å²) in [5.41, 5.74) is 5.54. The molecule has 1 amide bonds. The number of carbonyl (C=O) groups is 1. The van der Waals surface area contributed by atoms with Crippen molar-refractivity contribution in [3.05, 3.63) is 0 Å². The van der Waals surface area contributed by atoms with Crippen LogP contribution in [0.1, 0.15) is 33.6 Å². The van der Waals surface area contributed by atoms with Gasteiger partial charge in [-0.2, -0.15) is 0 Å². The summed E-state index contributed by atoms with van der Waals surface area (Å²) in [4.78, 5) is 11.5. The largest absolute Gasteiger partial charge is 0.380 e. The molecule has 0 saturated heterocycles. The Morgan fingerprint density at radius 3 is 2.60 bits per heavy atom. The zero-order valence-electron chi connectivity index (χ0n) is 10.1. The molecule has 90 valence electrons. The van der Waals surface area contributed by atoms with Gasteiger partial charge in [-0.1, -0.05) is 13.3 Å². The molecule has 2 atom stereocenters. The molecule has 0 rings (SSSR count). The third kappa shape index (κ3) is 7.33. The van der Waals surface area contributed by atoms with Crippen molar-refractivity contribution < 1.29 is 9.53 Å². The van der Waals surface area contributed by atoms with Crippen LogP contribution >= 0.6 is 0 Å². The van der Waals surface area contributed by atoms with Crippen LogP contribution in [0.4, 0.5) is 0 Å². The Hall–Kier alpha value is -0.610. The highest BCUT2D eigenvalue weighted by Gasteiger charge is 2.12. The van der Waals surface area contributed by atoms with Crippen LogP contribution in [0.15, 0.2) is 0 Å². The maximum absolute atomic E-state index is 11.5. The number of hydrogen-bond acceptors (Lipinski definition) is 3. The molecule has 2 unspecified atom stereocenters. The van der Waals surface area contributed by atoms with Gasteiger partial charge >= 0.3 is 0 Å². The molecular formula is C11H24N2O2. The van der Waals surface area contributed by atoms with Gasteiger partial charge in [-0.15, -0.1) is 0 Å². The molecule has 3 N–H and O–H groups in total. The fourth-order valence-corrected chi connectivity index (χ4v) is 1.33. The Labute approximate surface area is 92.6 Å². The summed E-state index contributed by atoms with van der Waals surface area (Å²) in [6.07, 6.45) is 1.47. The quantitative estimate of drug-likeness (QED) is 0.633. The van der Waals surface area contributed by atoms with E-state index in [0.717, 1.165) is 6.42 Å². The lowest BCUT2D eigenvalue weighted by molar-refractivity contribution is -0.123. The fourth-order valence-electron chi connectivity index (χ4n) is 1.33. The van der Waals surface area contributed by atoms with Crippen molar-refractivity contribution in [3.63, 3.8) is 0 Å². The third-order valence-electron chi connectivity index (χ3n) is 2.36. The normalized spacial score (nSPS) is 14.7. The molecule has 0 fully saturated rings. The Morgan fingerprint density at radius 2 is 2.13 bits per heavy atom. The van der Waals surface area contributed by atoms with Crippen LogP contribution < -0.4 is 11.1 Å². The molecule has 0 aromatic rings. The van der Waals surface area contributed by atoms with Gasteiger partial charge in [-0.05, 0) is 26.3 Å². The lowest BCUT2D eigenvalue weighted by atomic mass is 10.0. The van der Waals surface area contributed by atoms with Gasteiger partial charge in [0, 0.05) is 19.1 Å². The highest BCUT2D eigenvalue weighted by atomic mass is 16.5. The van der Waals surface area contributed by atoms with Gasteiger partial charge in [-0.3, -0.25) is 4.79 Å². The number of nitrogens with two attached hydrogens (primary N) is 1. The Balaban J connectivity index is 3.71. The van der Waals surface area contributed by atoms with Gasteiger partial charge < -0.3 is 15.8 Å². The monoisotopic (exact) mass is 216 g/mol. The lowest BCUT2D eigenvalue weighted by Crippen LogP contribution is -2.37. The van der Waals surface area contributed by atoms with E-state index in [1.54, 1.807) is 0 Å². The first kappa shape index (κ1) is 14.4. The average Bonchev–Trinajstić information content (AvgIpc) is 2.22. The van der Waals surface area contributed by atoms with Gasteiger partial charge in [0.05, 0.1) is 6.61 Å². The van der Waals surface area contributed by atoms with Crippen LogP contribution in [-0.4, -0.2) is 31.7 Å². The van der Waals surface area contributed by atoms with Crippen LogP contribution in [0.5, 0.6) is 0 Å². The number of carbonyl (C=O) groups excluding carboxylic acids is 1. The van der Waals surface area contributed by atoms with E-state index < -0.39 is 0 Å². The van der Waals surface area contributed by atoms with E-state index in [9.17, 15) is 4.79 Å². The summed E-state index contributed by atoms with van der Waals surface area (Å²) in [6, 6.07) is 0.0766. The number of rotatable bonds is 8. The molecule has 0 aromatic heterocycles. The second kappa shape index (κ2) is 8.68. The highest BCUT2D eigenvalue weighted by molar-refractivity contribution is 5.76. The average molecular weight is 216 g/mol.